The molecule has 10 aromatic carbocycles. The average molecular weight is 2560 g/mol. The Kier molecular flexibility index (Phi) is 45.3. The molecule has 8 aliphatic rings. The summed E-state index contributed by atoms with van der Waals surface area (Å²) in [6.45, 7) is 13.2. The fourth-order valence-electron chi connectivity index (χ4n) is 18.5. The van der Waals surface area contributed by atoms with Crippen LogP contribution in [-0.2, 0) is 37.6 Å². The molecule has 8 fully saturated rings. The van der Waals surface area contributed by atoms with Gasteiger partial charge in [-0.25, -0.2) is 4.79 Å². The number of aliphatic hydroxyl groups excluding tert-OH is 1. The molecule has 5 amide bonds. The number of hydrogen-bond acceptors (Lipinski definition) is 16. The Morgan fingerprint density at radius 1 is 0.406 bits per heavy atom. The van der Waals surface area contributed by atoms with Gasteiger partial charge >= 0.3 is 72.4 Å². The maximum atomic E-state index is 13.0. The summed E-state index contributed by atoms with van der Waals surface area (Å²) < 4.78 is 78.0. The van der Waals surface area contributed by atoms with E-state index in [1.165, 1.54) is 70.9 Å². The van der Waals surface area contributed by atoms with Gasteiger partial charge in [-0.2, -0.15) is 26.3 Å². The van der Waals surface area contributed by atoms with Gasteiger partial charge < -0.3 is 62.8 Å². The Morgan fingerprint density at radius 2 is 0.671 bits per heavy atom. The summed E-state index contributed by atoms with van der Waals surface area (Å²) in [6, 6.07) is 90.0. The van der Waals surface area contributed by atoms with Gasteiger partial charge in [-0.3, -0.25) is 38.6 Å². The van der Waals surface area contributed by atoms with Gasteiger partial charge in [0.15, 0.2) is 0 Å². The van der Waals surface area contributed by atoms with E-state index in [4.69, 9.17) is 10.2 Å². The van der Waals surface area contributed by atoms with Crippen molar-refractivity contribution in [2.45, 2.75) is 111 Å². The van der Waals surface area contributed by atoms with E-state index in [9.17, 15) is 75.2 Å². The number of rotatable bonds is 15. The van der Waals surface area contributed by atoms with Crippen LogP contribution in [0.25, 0.3) is 20.2 Å². The number of Topliss-reactive ketones (excluding diaryl/α,β-unsaturated/α-hetero) is 1. The topological polar surface area (TPSA) is 255 Å². The number of nitrogens with one attached hydrogen (secondary N) is 1. The standard InChI is InChI=1S/C28H30N2O2.C25H23F3N2O3S.C16H16IN.C15H20N2O2.C12H13NO2.C10H5F3O2S.C2H6O.CH4.CH3.2HI.Pd.Sm/c31-27(24-14-8-3-9-15-24)29-18-16-28(32,17-19-29)25-20-30(21-25)26(22-10-4-1-5-11-22)23-12-6-2-7-13-23;26-25(27,28)18-6-7-20-17(12-18)13-21(34-20)23(32)30-14-19(15-30)24(33)8-10-29(11-9-24)22(31)16-4-2-1-3-5-16;17-15-11-18(12-15)16(13-7-3-1-4-8-13)14-9-5-2-6-10-14;18-14(12-4-2-1-3-5-12)17-8-6-15(19,7-9-17)13-10-16-11-13;14-11-6-8-13(9-7-11)12(15)10-4-2-1-3-5-10;11-10(12,13)6-1-2-7-5(3-6)4-8(16-7)9(14)15;1-2-3;;;;;;/h1-15,25-26,32H,16-21H2;1-7,12-13,19,33H,8-11,14-15H2;1-10,15-16H,11-12H2;1-5,13,16,19H,6-11H2;1-5H,6-9H2;1-4H,(H,14,15);3H,2H2,1H3;1H4;1H3;2*1H;;/q;;;;;;;;-1;;;;+2/p-2. The van der Waals surface area contributed by atoms with E-state index in [0.717, 1.165) is 76.8 Å². The second-order valence-corrected chi connectivity index (χ2v) is 59.1. The van der Waals surface area contributed by atoms with Gasteiger partial charge in [0.05, 0.1) is 44.9 Å². The predicted molar refractivity (Wildman–Crippen MR) is 570 cm³/mol. The van der Waals surface area contributed by atoms with Crippen LogP contribution < -0.4 is 5.32 Å². The van der Waals surface area contributed by atoms with Crippen molar-refractivity contribution in [1.29, 1.82) is 0 Å². The molecule has 2 aromatic heterocycles. The molecule has 33 heteroatoms. The molecule has 6 N–H and O–H groups in total. The largest absolute Gasteiger partial charge is 0 e. The van der Waals surface area contributed by atoms with Crippen LogP contribution in [0.5, 0.6) is 0 Å². The molecule has 20 rings (SSSR count). The number of aromatic carboxylic acids is 1. The third kappa shape index (κ3) is 31.6. The van der Waals surface area contributed by atoms with Gasteiger partial charge in [-0.1, -0.05) is 224 Å². The van der Waals surface area contributed by atoms with Crippen molar-refractivity contribution in [3.05, 3.63) is 364 Å². The van der Waals surface area contributed by atoms with E-state index in [2.05, 4.69) is 188 Å². The molecular formula is C110H120F6I3N8O12PdS2Sm-. The number of halogens is 9. The zero-order valence-electron chi connectivity index (χ0n) is 78.5. The first-order valence-electron chi connectivity index (χ1n) is 46.6. The predicted octanol–water partition coefficient (Wildman–Crippen LogP) is 21.8. The molecule has 0 saturated carbocycles. The summed E-state index contributed by atoms with van der Waals surface area (Å²) in [4.78, 5) is 98.5. The summed E-state index contributed by atoms with van der Waals surface area (Å²) in [5, 5.41) is 53.4. The van der Waals surface area contributed by atoms with Crippen LogP contribution >= 0.6 is 73.8 Å². The number of carboxylic acid groups (broad SMARTS) is 1. The zero-order valence-corrected chi connectivity index (χ0v) is 90.8. The molecule has 20 nitrogen and oxygen atoms in total. The Hall–Kier alpha value is -7.90. The number of fused-ring (bicyclic) bond motifs is 2. The molecule has 143 heavy (non-hydrogen) atoms. The number of ketones is 1. The van der Waals surface area contributed by atoms with Gasteiger partial charge in [0, 0.05) is 198 Å². The van der Waals surface area contributed by atoms with Crippen molar-refractivity contribution in [2.24, 2.45) is 17.8 Å². The van der Waals surface area contributed by atoms with Crippen molar-refractivity contribution in [3.63, 3.8) is 0 Å². The van der Waals surface area contributed by atoms with Crippen molar-refractivity contribution in [2.75, 3.05) is 111 Å². The molecule has 764 valence electrons. The quantitative estimate of drug-likeness (QED) is 0.0183. The smallest absolute Gasteiger partial charge is 0 e. The van der Waals surface area contributed by atoms with E-state index in [1.54, 1.807) is 45.9 Å². The average Bonchev–Trinajstić information content (AvgIpc) is 1.23. The van der Waals surface area contributed by atoms with E-state index in [-0.39, 0.29) is 125 Å². The fourth-order valence-corrected chi connectivity index (χ4v) is 21.4. The molecular weight excluding hydrogens is 2440 g/mol. The number of carbonyl (C=O) groups is 7. The SMILES string of the molecule is C.CCO.IC1CN(C(c2ccccc2)c2ccccc2)C1.O=C(O)c1cc2cc(C(F)(F)F)ccc2s1.O=C(c1ccccc1)N1CCC(O)(C2CN(C(=O)c3cc4cc(C(F)(F)F)ccc4s3)C2)CC1.O=C(c1ccccc1)N1CCC(O)(C2CN(C(c3ccccc3)c3ccccc3)C2)CC1.O=C(c1ccccc1)N1CCC(O)(C2CNC2)CC1.O=C1CCN(C(=O)c2ccccc2)CC1.[CH3-].[I][Sm][I].[Pd]. The van der Waals surface area contributed by atoms with Crippen LogP contribution in [0.15, 0.2) is 291 Å². The Balaban J connectivity index is 0.000000178. The van der Waals surface area contributed by atoms with Crippen molar-refractivity contribution in [3.8, 4) is 0 Å². The number of piperidine rings is 4. The fraction of sp³-hybridized carbons (Fsp3) is 0.345. The number of hydrogen-bond donors (Lipinski definition) is 6. The molecule has 0 atom stereocenters. The normalized spacial score (nSPS) is 17.2. The van der Waals surface area contributed by atoms with E-state index in [0.29, 0.717) is 165 Å². The Bertz CT molecular complexity index is 5940. The van der Waals surface area contributed by atoms with Crippen LogP contribution in [0.3, 0.4) is 0 Å². The van der Waals surface area contributed by atoms with Gasteiger partial charge in [0.1, 0.15) is 10.7 Å². The van der Waals surface area contributed by atoms with Crippen LogP contribution in [0.1, 0.15) is 172 Å². The van der Waals surface area contributed by atoms with E-state index >= 15 is 0 Å². The van der Waals surface area contributed by atoms with Crippen molar-refractivity contribution >= 4 is 135 Å². The van der Waals surface area contributed by atoms with Crippen LogP contribution in [0.2, 0.25) is 0 Å². The van der Waals surface area contributed by atoms with Gasteiger partial charge in [-0.05, 0) is 176 Å². The second-order valence-electron chi connectivity index (χ2n) is 35.8. The van der Waals surface area contributed by atoms with Crippen LogP contribution in [-0.4, -0.2) is 233 Å². The molecule has 0 bridgehead atoms. The molecule has 10 heterocycles. The van der Waals surface area contributed by atoms with Gasteiger partial charge in [-0.15, -0.1) is 22.7 Å². The summed E-state index contributed by atoms with van der Waals surface area (Å²) in [5.74, 6) is -0.460. The first-order valence-corrected chi connectivity index (χ1v) is 64.5. The number of carbonyl (C=O) groups excluding carboxylic acids is 6. The third-order valence-corrected chi connectivity index (χ3v) is 29.7. The molecule has 0 aliphatic carbocycles. The van der Waals surface area contributed by atoms with Gasteiger partial charge in [0.25, 0.3) is 29.5 Å². The monoisotopic (exact) mass is 2560 g/mol. The Labute approximate surface area is 900 Å². The number of likely N-dealkylation sites (tertiary alicyclic amines) is 7. The Morgan fingerprint density at radius 3 is 0.951 bits per heavy atom. The summed E-state index contributed by atoms with van der Waals surface area (Å²) in [7, 11) is 0. The molecule has 12 aromatic rings. The van der Waals surface area contributed by atoms with E-state index < -0.39 is 46.3 Å². The minimum absolute atomic E-state index is 0. The molecule has 8 aliphatic heterocycles. The minimum atomic E-state index is -4.43. The number of aliphatic hydroxyl groups is 4. The first kappa shape index (κ1) is 117. The summed E-state index contributed by atoms with van der Waals surface area (Å²) >= 11 is 9.74. The summed E-state index contributed by atoms with van der Waals surface area (Å²) in [5.41, 5.74) is 4.44. The number of benzene rings is 10. The van der Waals surface area contributed by atoms with Crippen molar-refractivity contribution in [1.82, 2.24) is 39.6 Å². The van der Waals surface area contributed by atoms with Gasteiger partial charge in [0.2, 0.25) is 0 Å². The van der Waals surface area contributed by atoms with E-state index in [1.807, 2.05) is 107 Å². The summed E-state index contributed by atoms with van der Waals surface area (Å²) in [6.07, 6.45) is -4.27. The maximum Gasteiger partial charge on any atom is 0 e. The number of carboxylic acids is 1. The first-order chi connectivity index (χ1) is 67.3. The second kappa shape index (κ2) is 55.4. The number of alkyl halides is 7. The van der Waals surface area contributed by atoms with Crippen LogP contribution in [0.4, 0.5) is 26.3 Å². The molecule has 0 unspecified atom stereocenters. The zero-order chi connectivity index (χ0) is 99.7. The van der Waals surface area contributed by atoms with Crippen molar-refractivity contribution < 1.29 is 131 Å². The number of thiophene rings is 2. The third-order valence-electron chi connectivity index (χ3n) is 26.7. The van der Waals surface area contributed by atoms with Crippen LogP contribution in [0, 0.1) is 50.6 Å². The molecule has 0 radical (unpaired) electrons. The number of nitrogens with zero attached hydrogens (tertiary/aromatic N) is 7. The maximum absolute atomic E-state index is 13.0. The molecule has 8 saturated heterocycles. The number of amides is 5. The minimum Gasteiger partial charge on any atom is 0 e. The molecule has 0 spiro atoms.